The van der Waals surface area contributed by atoms with E-state index in [0.29, 0.717) is 17.5 Å². The van der Waals surface area contributed by atoms with Crippen molar-refractivity contribution in [2.24, 2.45) is 0 Å². The lowest BCUT2D eigenvalue weighted by Gasteiger charge is -2.10. The van der Waals surface area contributed by atoms with E-state index in [0.717, 1.165) is 82.5 Å². The van der Waals surface area contributed by atoms with Crippen LogP contribution in [-0.2, 0) is 0 Å². The standard InChI is InChI=1S/C43H25N3O2/c1-2-9-26(10-3-1)27-11-8-12-29(23-27)41-44-42(46-43(45-41)31-19-21-35-33-13-4-6-15-37(33)47-39(35)25-31)30-18-20-32-28(24-30)17-22-36-34-14-5-7-16-38(34)48-40(32)36/h1-25H. The van der Waals surface area contributed by atoms with E-state index in [4.69, 9.17) is 23.8 Å². The number of para-hydroxylation sites is 2. The van der Waals surface area contributed by atoms with Crippen LogP contribution in [0.4, 0.5) is 0 Å². The summed E-state index contributed by atoms with van der Waals surface area (Å²) in [6.07, 6.45) is 0. The first kappa shape index (κ1) is 26.6. The van der Waals surface area contributed by atoms with Crippen LogP contribution in [0.5, 0.6) is 0 Å². The molecule has 224 valence electrons. The average Bonchev–Trinajstić information content (AvgIpc) is 3.73. The van der Waals surface area contributed by atoms with E-state index in [2.05, 4.69) is 91.0 Å². The molecule has 3 heterocycles. The van der Waals surface area contributed by atoms with Crippen LogP contribution < -0.4 is 0 Å². The first-order chi connectivity index (χ1) is 23.7. The van der Waals surface area contributed by atoms with Crippen molar-refractivity contribution in [2.45, 2.75) is 0 Å². The second kappa shape index (κ2) is 10.5. The molecule has 10 rings (SSSR count). The molecule has 0 unspecified atom stereocenters. The molecule has 0 aliphatic rings. The number of benzene rings is 7. The van der Waals surface area contributed by atoms with Crippen LogP contribution in [0.15, 0.2) is 160 Å². The molecule has 10 aromatic rings. The van der Waals surface area contributed by atoms with Gasteiger partial charge in [-0.05, 0) is 65.0 Å². The number of hydrogen-bond acceptors (Lipinski definition) is 5. The van der Waals surface area contributed by atoms with Crippen molar-refractivity contribution in [1.82, 2.24) is 15.0 Å². The monoisotopic (exact) mass is 615 g/mol. The molecule has 0 amide bonds. The summed E-state index contributed by atoms with van der Waals surface area (Å²) in [5, 5.41) is 6.47. The van der Waals surface area contributed by atoms with Crippen molar-refractivity contribution in [1.29, 1.82) is 0 Å². The largest absolute Gasteiger partial charge is 0.456 e. The molecule has 0 spiro atoms. The van der Waals surface area contributed by atoms with Gasteiger partial charge in [0.05, 0.1) is 0 Å². The highest BCUT2D eigenvalue weighted by molar-refractivity contribution is 6.15. The third kappa shape index (κ3) is 4.29. The molecule has 0 bridgehead atoms. The van der Waals surface area contributed by atoms with Crippen LogP contribution in [-0.4, -0.2) is 15.0 Å². The molecule has 0 saturated carbocycles. The van der Waals surface area contributed by atoms with Crippen molar-refractivity contribution < 1.29 is 8.83 Å². The summed E-state index contributed by atoms with van der Waals surface area (Å²) in [4.78, 5) is 15.2. The molecule has 0 atom stereocenters. The second-order valence-electron chi connectivity index (χ2n) is 12.0. The molecule has 0 N–H and O–H groups in total. The summed E-state index contributed by atoms with van der Waals surface area (Å²) in [6, 6.07) is 51.7. The Morgan fingerprint density at radius 1 is 0.312 bits per heavy atom. The topological polar surface area (TPSA) is 65.0 Å². The van der Waals surface area contributed by atoms with Crippen LogP contribution in [0, 0.1) is 0 Å². The van der Waals surface area contributed by atoms with Gasteiger partial charge in [-0.2, -0.15) is 0 Å². The van der Waals surface area contributed by atoms with E-state index in [1.54, 1.807) is 0 Å². The minimum absolute atomic E-state index is 0.579. The van der Waals surface area contributed by atoms with Crippen LogP contribution in [0.1, 0.15) is 0 Å². The smallest absolute Gasteiger partial charge is 0.164 e. The molecule has 7 aromatic carbocycles. The van der Waals surface area contributed by atoms with Crippen molar-refractivity contribution in [3.05, 3.63) is 152 Å². The van der Waals surface area contributed by atoms with Gasteiger partial charge in [-0.3, -0.25) is 0 Å². The van der Waals surface area contributed by atoms with Crippen molar-refractivity contribution in [3.8, 4) is 45.3 Å². The molecular weight excluding hydrogens is 590 g/mol. The Bertz CT molecular complexity index is 2850. The van der Waals surface area contributed by atoms with Gasteiger partial charge in [-0.25, -0.2) is 15.0 Å². The number of furan rings is 2. The molecule has 0 aliphatic carbocycles. The fraction of sp³-hybridized carbons (Fsp3) is 0. The Kier molecular flexibility index (Phi) is 5.81. The number of aromatic nitrogens is 3. The molecule has 48 heavy (non-hydrogen) atoms. The van der Waals surface area contributed by atoms with Crippen molar-refractivity contribution in [2.75, 3.05) is 0 Å². The lowest BCUT2D eigenvalue weighted by Crippen LogP contribution is -2.00. The van der Waals surface area contributed by atoms with Crippen molar-refractivity contribution in [3.63, 3.8) is 0 Å². The summed E-state index contributed by atoms with van der Waals surface area (Å²) in [5.74, 6) is 1.78. The highest BCUT2D eigenvalue weighted by Crippen LogP contribution is 2.37. The molecule has 5 heteroatoms. The number of hydrogen-bond donors (Lipinski definition) is 0. The van der Waals surface area contributed by atoms with Gasteiger partial charge in [0.2, 0.25) is 0 Å². The van der Waals surface area contributed by atoms with Gasteiger partial charge in [-0.1, -0.05) is 103 Å². The quantitative estimate of drug-likeness (QED) is 0.197. The minimum atomic E-state index is 0.579. The SMILES string of the molecule is c1ccc(-c2cccc(-c3nc(-c4ccc5c(ccc6c7ccccc7oc56)c4)nc(-c4ccc5c(c4)oc4ccccc45)n3)c2)cc1. The zero-order valence-electron chi connectivity index (χ0n) is 25.6. The third-order valence-corrected chi connectivity index (χ3v) is 9.12. The Morgan fingerprint density at radius 3 is 1.62 bits per heavy atom. The van der Waals surface area contributed by atoms with E-state index in [9.17, 15) is 0 Å². The zero-order valence-corrected chi connectivity index (χ0v) is 25.6. The van der Waals surface area contributed by atoms with Gasteiger partial charge in [0.1, 0.15) is 22.3 Å². The maximum atomic E-state index is 6.32. The Balaban J connectivity index is 1.16. The van der Waals surface area contributed by atoms with Gasteiger partial charge in [0.25, 0.3) is 0 Å². The van der Waals surface area contributed by atoms with Gasteiger partial charge < -0.3 is 8.83 Å². The normalized spacial score (nSPS) is 11.8. The third-order valence-electron chi connectivity index (χ3n) is 9.12. The summed E-state index contributed by atoms with van der Waals surface area (Å²) >= 11 is 0. The van der Waals surface area contributed by atoms with Crippen LogP contribution in [0.3, 0.4) is 0 Å². The van der Waals surface area contributed by atoms with Crippen LogP contribution in [0.2, 0.25) is 0 Å². The minimum Gasteiger partial charge on any atom is -0.456 e. The molecule has 5 nitrogen and oxygen atoms in total. The fourth-order valence-corrected chi connectivity index (χ4v) is 6.75. The number of fused-ring (bicyclic) bond motifs is 8. The van der Waals surface area contributed by atoms with E-state index in [1.807, 2.05) is 60.7 Å². The summed E-state index contributed by atoms with van der Waals surface area (Å²) < 4.78 is 12.6. The highest BCUT2D eigenvalue weighted by Gasteiger charge is 2.17. The first-order valence-electron chi connectivity index (χ1n) is 15.9. The van der Waals surface area contributed by atoms with E-state index in [-0.39, 0.29) is 0 Å². The Hall–Kier alpha value is -6.59. The molecular formula is C43H25N3O2. The fourth-order valence-electron chi connectivity index (χ4n) is 6.75. The summed E-state index contributed by atoms with van der Waals surface area (Å²) in [6.45, 7) is 0. The maximum Gasteiger partial charge on any atom is 0.164 e. The predicted octanol–water partition coefficient (Wildman–Crippen LogP) is 11.5. The zero-order chi connectivity index (χ0) is 31.6. The van der Waals surface area contributed by atoms with Crippen LogP contribution >= 0.6 is 0 Å². The second-order valence-corrected chi connectivity index (χ2v) is 12.0. The molecule has 0 saturated heterocycles. The number of rotatable bonds is 4. The van der Waals surface area contributed by atoms with Crippen molar-refractivity contribution >= 4 is 54.6 Å². The maximum absolute atomic E-state index is 6.32. The Labute approximate surface area is 274 Å². The summed E-state index contributed by atoms with van der Waals surface area (Å²) in [7, 11) is 0. The van der Waals surface area contributed by atoms with Gasteiger partial charge >= 0.3 is 0 Å². The molecule has 0 aliphatic heterocycles. The van der Waals surface area contributed by atoms with Gasteiger partial charge in [0.15, 0.2) is 17.5 Å². The average molecular weight is 616 g/mol. The lowest BCUT2D eigenvalue weighted by atomic mass is 10.0. The van der Waals surface area contributed by atoms with Crippen LogP contribution in [0.25, 0.3) is 99.9 Å². The van der Waals surface area contributed by atoms with E-state index >= 15 is 0 Å². The summed E-state index contributed by atoms with van der Waals surface area (Å²) in [5.41, 5.74) is 8.32. The van der Waals surface area contributed by atoms with E-state index in [1.165, 1.54) is 0 Å². The van der Waals surface area contributed by atoms with Gasteiger partial charge in [0, 0.05) is 43.6 Å². The predicted molar refractivity (Wildman–Crippen MR) is 194 cm³/mol. The number of nitrogens with zero attached hydrogens (tertiary/aromatic N) is 3. The molecule has 0 fully saturated rings. The highest BCUT2D eigenvalue weighted by atomic mass is 16.3. The molecule has 0 radical (unpaired) electrons. The molecule has 3 aromatic heterocycles. The lowest BCUT2D eigenvalue weighted by molar-refractivity contribution is 0.669. The van der Waals surface area contributed by atoms with E-state index < -0.39 is 0 Å². The van der Waals surface area contributed by atoms with Gasteiger partial charge in [-0.15, -0.1) is 0 Å². The first-order valence-corrected chi connectivity index (χ1v) is 15.9. The Morgan fingerprint density at radius 2 is 0.854 bits per heavy atom.